The molecule has 2 aliphatic rings. The van der Waals surface area contributed by atoms with Gasteiger partial charge in [0.2, 0.25) is 18.6 Å². The van der Waals surface area contributed by atoms with E-state index in [-0.39, 0.29) is 31.4 Å². The maximum atomic E-state index is 11.9. The first-order valence-corrected chi connectivity index (χ1v) is 9.30. The van der Waals surface area contributed by atoms with E-state index < -0.39 is 0 Å². The average molecular weight is 358 g/mol. The van der Waals surface area contributed by atoms with Crippen molar-refractivity contribution in [1.82, 2.24) is 10.6 Å². The van der Waals surface area contributed by atoms with Gasteiger partial charge in [0, 0.05) is 25.9 Å². The summed E-state index contributed by atoms with van der Waals surface area (Å²) < 4.78 is 10.6. The fourth-order valence-corrected chi connectivity index (χ4v) is 3.15. The monoisotopic (exact) mass is 358 g/mol. The Morgan fingerprint density at radius 1 is 1.00 bits per heavy atom. The second kappa shape index (κ2) is 9.27. The smallest absolute Gasteiger partial charge is 0.231 e. The van der Waals surface area contributed by atoms with Crippen molar-refractivity contribution in [1.29, 1.82) is 0 Å². The number of carbonyl (C=O) groups is 2. The van der Waals surface area contributed by atoms with E-state index in [1.165, 1.54) is 18.4 Å². The van der Waals surface area contributed by atoms with Gasteiger partial charge < -0.3 is 20.1 Å². The van der Waals surface area contributed by atoms with Crippen LogP contribution in [0.15, 0.2) is 29.8 Å². The Bertz CT molecular complexity index is 684. The third-order valence-electron chi connectivity index (χ3n) is 4.66. The molecule has 0 saturated heterocycles. The Kier molecular flexibility index (Phi) is 6.52. The molecular formula is C20H26N2O4. The second-order valence-electron chi connectivity index (χ2n) is 6.67. The van der Waals surface area contributed by atoms with E-state index in [9.17, 15) is 9.59 Å². The summed E-state index contributed by atoms with van der Waals surface area (Å²) in [6.45, 7) is 1.30. The third kappa shape index (κ3) is 5.51. The molecule has 0 spiro atoms. The van der Waals surface area contributed by atoms with Crippen LogP contribution in [0.4, 0.5) is 0 Å². The van der Waals surface area contributed by atoms with E-state index in [0.717, 1.165) is 30.6 Å². The van der Waals surface area contributed by atoms with Crippen LogP contribution in [0.5, 0.6) is 11.5 Å². The molecule has 0 aromatic heterocycles. The number of fused-ring (bicyclic) bond motifs is 1. The first-order valence-electron chi connectivity index (χ1n) is 9.30. The third-order valence-corrected chi connectivity index (χ3v) is 4.66. The Balaban J connectivity index is 1.29. The molecule has 2 amide bonds. The largest absolute Gasteiger partial charge is 0.454 e. The van der Waals surface area contributed by atoms with Gasteiger partial charge in [0.1, 0.15) is 0 Å². The minimum absolute atomic E-state index is 0.0698. The van der Waals surface area contributed by atoms with Gasteiger partial charge in [0.15, 0.2) is 11.5 Å². The summed E-state index contributed by atoms with van der Waals surface area (Å²) in [5.41, 5.74) is 2.38. The zero-order chi connectivity index (χ0) is 18.2. The molecule has 1 aliphatic carbocycles. The maximum Gasteiger partial charge on any atom is 0.231 e. The molecule has 140 valence electrons. The minimum Gasteiger partial charge on any atom is -0.454 e. The summed E-state index contributed by atoms with van der Waals surface area (Å²) in [5, 5.41) is 5.73. The maximum absolute atomic E-state index is 11.9. The molecule has 1 aromatic rings. The summed E-state index contributed by atoms with van der Waals surface area (Å²) in [6.07, 6.45) is 8.46. The lowest BCUT2D eigenvalue weighted by molar-refractivity contribution is -0.126. The highest BCUT2D eigenvalue weighted by atomic mass is 16.7. The Labute approximate surface area is 153 Å². The summed E-state index contributed by atoms with van der Waals surface area (Å²) in [5.74, 6) is 1.22. The van der Waals surface area contributed by atoms with E-state index >= 15 is 0 Å². The predicted molar refractivity (Wildman–Crippen MR) is 97.8 cm³/mol. The van der Waals surface area contributed by atoms with Crippen molar-refractivity contribution in [3.63, 3.8) is 0 Å². The van der Waals surface area contributed by atoms with Crippen molar-refractivity contribution in [2.24, 2.45) is 0 Å². The normalized spacial score (nSPS) is 15.3. The molecule has 2 N–H and O–H groups in total. The molecule has 0 atom stereocenters. The van der Waals surface area contributed by atoms with Crippen molar-refractivity contribution in [3.05, 3.63) is 35.4 Å². The number of hydrogen-bond acceptors (Lipinski definition) is 4. The molecule has 26 heavy (non-hydrogen) atoms. The van der Waals surface area contributed by atoms with Crippen LogP contribution in [0, 0.1) is 0 Å². The lowest BCUT2D eigenvalue weighted by Gasteiger charge is -2.13. The number of ether oxygens (including phenoxy) is 2. The number of carbonyl (C=O) groups excluding carboxylic acids is 2. The van der Waals surface area contributed by atoms with Crippen molar-refractivity contribution in [2.45, 2.75) is 51.5 Å². The zero-order valence-corrected chi connectivity index (χ0v) is 15.0. The lowest BCUT2D eigenvalue weighted by Crippen LogP contribution is -2.28. The Hall–Kier alpha value is -2.50. The summed E-state index contributed by atoms with van der Waals surface area (Å²) >= 11 is 0. The molecule has 0 fully saturated rings. The molecule has 1 aliphatic heterocycles. The number of allylic oxidation sites excluding steroid dienone is 1. The van der Waals surface area contributed by atoms with Crippen LogP contribution in [0.2, 0.25) is 0 Å². The van der Waals surface area contributed by atoms with Crippen LogP contribution < -0.4 is 20.1 Å². The first kappa shape index (κ1) is 18.3. The van der Waals surface area contributed by atoms with Crippen LogP contribution in [-0.2, 0) is 16.1 Å². The number of amides is 2. The average Bonchev–Trinajstić information content (AvgIpc) is 3.13. The van der Waals surface area contributed by atoms with Crippen LogP contribution in [0.1, 0.15) is 50.5 Å². The van der Waals surface area contributed by atoms with Gasteiger partial charge in [-0.05, 0) is 49.8 Å². The highest BCUT2D eigenvalue weighted by Gasteiger charge is 2.13. The topological polar surface area (TPSA) is 76.7 Å². The standard InChI is InChI=1S/C20H26N2O4/c23-19(21-11-10-15-4-2-1-3-5-15)8-9-20(24)22-13-16-6-7-17-18(12-16)26-14-25-17/h4,6-7,12H,1-3,5,8-11,13-14H2,(H,21,23)(H,22,24). The molecule has 0 saturated carbocycles. The SMILES string of the molecule is O=C(CCC(=O)NCc1ccc2c(c1)OCO2)NCCC1=CCCCC1. The van der Waals surface area contributed by atoms with Gasteiger partial charge in [0.25, 0.3) is 0 Å². The quantitative estimate of drug-likeness (QED) is 0.701. The van der Waals surface area contributed by atoms with Crippen molar-refractivity contribution < 1.29 is 19.1 Å². The van der Waals surface area contributed by atoms with Crippen LogP contribution in [-0.4, -0.2) is 25.2 Å². The first-order chi connectivity index (χ1) is 12.7. The number of rotatable bonds is 8. The molecule has 0 radical (unpaired) electrons. The van der Waals surface area contributed by atoms with Gasteiger partial charge in [-0.1, -0.05) is 17.7 Å². The van der Waals surface area contributed by atoms with Crippen LogP contribution >= 0.6 is 0 Å². The fourth-order valence-electron chi connectivity index (χ4n) is 3.15. The van der Waals surface area contributed by atoms with E-state index in [1.807, 2.05) is 18.2 Å². The summed E-state index contributed by atoms with van der Waals surface area (Å²) in [7, 11) is 0. The Morgan fingerprint density at radius 2 is 1.81 bits per heavy atom. The van der Waals surface area contributed by atoms with Gasteiger partial charge in [-0.2, -0.15) is 0 Å². The predicted octanol–water partition coefficient (Wildman–Crippen LogP) is 2.82. The molecule has 0 unspecified atom stereocenters. The van der Waals surface area contributed by atoms with Crippen LogP contribution in [0.3, 0.4) is 0 Å². The molecule has 6 heteroatoms. The molecule has 1 heterocycles. The highest BCUT2D eigenvalue weighted by Crippen LogP contribution is 2.32. The van der Waals surface area contributed by atoms with Gasteiger partial charge in [-0.25, -0.2) is 0 Å². The Morgan fingerprint density at radius 3 is 2.62 bits per heavy atom. The molecular weight excluding hydrogens is 332 g/mol. The van der Waals surface area contributed by atoms with E-state index in [4.69, 9.17) is 9.47 Å². The van der Waals surface area contributed by atoms with E-state index in [2.05, 4.69) is 16.7 Å². The van der Waals surface area contributed by atoms with Crippen molar-refractivity contribution in [3.8, 4) is 11.5 Å². The molecule has 3 rings (SSSR count). The zero-order valence-electron chi connectivity index (χ0n) is 15.0. The lowest BCUT2D eigenvalue weighted by atomic mass is 9.97. The van der Waals surface area contributed by atoms with Gasteiger partial charge >= 0.3 is 0 Å². The highest BCUT2D eigenvalue weighted by molar-refractivity contribution is 5.83. The van der Waals surface area contributed by atoms with Gasteiger partial charge in [0.05, 0.1) is 0 Å². The van der Waals surface area contributed by atoms with Crippen molar-refractivity contribution >= 4 is 11.8 Å². The molecule has 0 bridgehead atoms. The number of nitrogens with one attached hydrogen (secondary N) is 2. The number of benzene rings is 1. The molecule has 6 nitrogen and oxygen atoms in total. The van der Waals surface area contributed by atoms with Crippen LogP contribution in [0.25, 0.3) is 0 Å². The fraction of sp³-hybridized carbons (Fsp3) is 0.500. The second-order valence-corrected chi connectivity index (χ2v) is 6.67. The molecule has 1 aromatic carbocycles. The van der Waals surface area contributed by atoms with E-state index in [0.29, 0.717) is 18.8 Å². The van der Waals surface area contributed by atoms with E-state index in [1.54, 1.807) is 0 Å². The van der Waals surface area contributed by atoms with Crippen molar-refractivity contribution in [2.75, 3.05) is 13.3 Å². The number of hydrogen-bond donors (Lipinski definition) is 2. The summed E-state index contributed by atoms with van der Waals surface area (Å²) in [4.78, 5) is 23.8. The summed E-state index contributed by atoms with van der Waals surface area (Å²) in [6, 6.07) is 5.58. The van der Waals surface area contributed by atoms with Gasteiger partial charge in [-0.3, -0.25) is 9.59 Å². The minimum atomic E-state index is -0.132. The van der Waals surface area contributed by atoms with Gasteiger partial charge in [-0.15, -0.1) is 0 Å².